The van der Waals surface area contributed by atoms with Gasteiger partial charge in [0.15, 0.2) is 0 Å². The molecule has 0 N–H and O–H groups in total. The highest BCUT2D eigenvalue weighted by Gasteiger charge is 2.25. The fourth-order valence-electron chi connectivity index (χ4n) is 3.72. The molecule has 1 aliphatic heterocycles. The number of hydrogen-bond donors (Lipinski definition) is 0. The number of amides is 1. The van der Waals surface area contributed by atoms with Gasteiger partial charge in [-0.15, -0.1) is 0 Å². The third-order valence-electron chi connectivity index (χ3n) is 5.14. The monoisotopic (exact) mass is 318 g/mol. The van der Waals surface area contributed by atoms with Gasteiger partial charge in [0.2, 0.25) is 5.91 Å². The lowest BCUT2D eigenvalue weighted by atomic mass is 10.0. The molecule has 0 saturated heterocycles. The van der Waals surface area contributed by atoms with Gasteiger partial charge >= 0.3 is 0 Å². The van der Waals surface area contributed by atoms with E-state index in [1.807, 2.05) is 4.90 Å². The van der Waals surface area contributed by atoms with Crippen molar-refractivity contribution in [2.75, 3.05) is 6.54 Å². The quantitative estimate of drug-likeness (QED) is 0.708. The molecule has 2 heterocycles. The van der Waals surface area contributed by atoms with Crippen LogP contribution in [-0.4, -0.2) is 21.9 Å². The lowest BCUT2D eigenvalue weighted by molar-refractivity contribution is -0.131. The van der Waals surface area contributed by atoms with Crippen molar-refractivity contribution in [3.8, 4) is 0 Å². The number of carbonyl (C=O) groups is 1. The van der Waals surface area contributed by atoms with Crippen LogP contribution in [0.4, 0.5) is 0 Å². The summed E-state index contributed by atoms with van der Waals surface area (Å²) in [5.41, 5.74) is 6.26. The maximum Gasteiger partial charge on any atom is 0.227 e. The first kappa shape index (κ1) is 15.0. The normalized spacial score (nSPS) is 14.0. The van der Waals surface area contributed by atoms with E-state index in [-0.39, 0.29) is 5.91 Å². The summed E-state index contributed by atoms with van der Waals surface area (Å²) in [6.07, 6.45) is 1.43. The lowest BCUT2D eigenvalue weighted by Crippen LogP contribution is -2.37. The minimum absolute atomic E-state index is 0.217. The number of nitrogens with zero attached hydrogens (tertiary/aromatic N) is 2. The van der Waals surface area contributed by atoms with Crippen LogP contribution in [0.15, 0.2) is 48.5 Å². The van der Waals surface area contributed by atoms with Crippen molar-refractivity contribution in [1.29, 1.82) is 0 Å². The molecular formula is C21H22N2O. The Morgan fingerprint density at radius 2 is 1.83 bits per heavy atom. The van der Waals surface area contributed by atoms with E-state index in [0.29, 0.717) is 13.0 Å². The number of aromatic nitrogens is 1. The Morgan fingerprint density at radius 3 is 2.62 bits per heavy atom. The van der Waals surface area contributed by atoms with E-state index in [9.17, 15) is 4.79 Å². The molecule has 122 valence electrons. The van der Waals surface area contributed by atoms with Crippen LogP contribution in [0.25, 0.3) is 10.9 Å². The van der Waals surface area contributed by atoms with Crippen LogP contribution in [0.2, 0.25) is 0 Å². The average Bonchev–Trinajstić information content (AvgIpc) is 2.90. The third kappa shape index (κ3) is 2.50. The fourth-order valence-corrected chi connectivity index (χ4v) is 3.72. The number of aryl methyl sites for hydroxylation is 2. The van der Waals surface area contributed by atoms with Gasteiger partial charge in [-0.3, -0.25) is 4.79 Å². The molecule has 4 rings (SSSR count). The molecule has 0 saturated carbocycles. The minimum Gasteiger partial charge on any atom is -0.346 e. The van der Waals surface area contributed by atoms with Crippen molar-refractivity contribution < 1.29 is 4.79 Å². The number of hydrogen-bond acceptors (Lipinski definition) is 1. The maximum absolute atomic E-state index is 12.7. The molecule has 1 aromatic heterocycles. The van der Waals surface area contributed by atoms with Gasteiger partial charge in [-0.25, -0.2) is 0 Å². The smallest absolute Gasteiger partial charge is 0.227 e. The van der Waals surface area contributed by atoms with Gasteiger partial charge in [-0.05, 0) is 30.5 Å². The second kappa shape index (κ2) is 5.82. The summed E-state index contributed by atoms with van der Waals surface area (Å²) < 4.78 is 2.25. The molecule has 0 fully saturated rings. The maximum atomic E-state index is 12.7. The summed E-state index contributed by atoms with van der Waals surface area (Å²) in [5, 5.41) is 1.33. The molecule has 0 radical (unpaired) electrons. The number of benzene rings is 2. The van der Waals surface area contributed by atoms with Crippen LogP contribution >= 0.6 is 0 Å². The first-order valence-electron chi connectivity index (χ1n) is 8.52. The Bertz CT molecular complexity index is 905. The molecule has 3 nitrogen and oxygen atoms in total. The number of para-hydroxylation sites is 1. The van der Waals surface area contributed by atoms with Gasteiger partial charge in [0.1, 0.15) is 0 Å². The molecule has 0 atom stereocenters. The summed E-state index contributed by atoms with van der Waals surface area (Å²) >= 11 is 0. The van der Waals surface area contributed by atoms with Crippen LogP contribution in [-0.2, 0) is 31.2 Å². The molecule has 1 aliphatic rings. The van der Waals surface area contributed by atoms with Crippen LogP contribution in [0.1, 0.15) is 22.4 Å². The molecule has 1 amide bonds. The van der Waals surface area contributed by atoms with Gasteiger partial charge in [-0.2, -0.15) is 0 Å². The Labute approximate surface area is 142 Å². The van der Waals surface area contributed by atoms with E-state index >= 15 is 0 Å². The second-order valence-electron chi connectivity index (χ2n) is 6.73. The predicted octanol–water partition coefficient (Wildman–Crippen LogP) is 3.61. The van der Waals surface area contributed by atoms with E-state index in [1.165, 1.54) is 27.7 Å². The standard InChI is InChI=1S/C21H22N2O/c1-15-7-9-16(10-8-15)13-21(24)23-12-11-18-17-5-3-4-6-19(17)22(2)20(18)14-23/h3-10H,11-14H2,1-2H3. The molecule has 3 heteroatoms. The topological polar surface area (TPSA) is 25.2 Å². The van der Waals surface area contributed by atoms with Crippen LogP contribution < -0.4 is 0 Å². The minimum atomic E-state index is 0.217. The van der Waals surface area contributed by atoms with Crippen molar-refractivity contribution in [1.82, 2.24) is 9.47 Å². The van der Waals surface area contributed by atoms with Gasteiger partial charge in [0.25, 0.3) is 0 Å². The Hall–Kier alpha value is -2.55. The Morgan fingerprint density at radius 1 is 1.08 bits per heavy atom. The van der Waals surface area contributed by atoms with Gasteiger partial charge in [-0.1, -0.05) is 48.0 Å². The highest BCUT2D eigenvalue weighted by Crippen LogP contribution is 2.30. The van der Waals surface area contributed by atoms with E-state index in [1.54, 1.807) is 0 Å². The van der Waals surface area contributed by atoms with Gasteiger partial charge < -0.3 is 9.47 Å². The molecule has 24 heavy (non-hydrogen) atoms. The first-order chi connectivity index (χ1) is 11.6. The molecule has 3 aromatic rings. The molecule has 0 aliphatic carbocycles. The second-order valence-corrected chi connectivity index (χ2v) is 6.73. The largest absolute Gasteiger partial charge is 0.346 e. The Kier molecular flexibility index (Phi) is 3.64. The van der Waals surface area contributed by atoms with Crippen molar-refractivity contribution in [3.63, 3.8) is 0 Å². The zero-order chi connectivity index (χ0) is 16.7. The molecule has 2 aromatic carbocycles. The summed E-state index contributed by atoms with van der Waals surface area (Å²) in [6, 6.07) is 16.8. The van der Waals surface area contributed by atoms with E-state index in [0.717, 1.165) is 18.5 Å². The molecule has 0 spiro atoms. The van der Waals surface area contributed by atoms with Crippen LogP contribution in [0, 0.1) is 6.92 Å². The zero-order valence-electron chi connectivity index (χ0n) is 14.2. The summed E-state index contributed by atoms with van der Waals surface area (Å²) in [4.78, 5) is 14.7. The highest BCUT2D eigenvalue weighted by molar-refractivity contribution is 5.86. The predicted molar refractivity (Wildman–Crippen MR) is 96.9 cm³/mol. The van der Waals surface area contributed by atoms with E-state index in [4.69, 9.17) is 0 Å². The molecule has 0 bridgehead atoms. The summed E-state index contributed by atoms with van der Waals surface area (Å²) in [5.74, 6) is 0.217. The van der Waals surface area contributed by atoms with Crippen LogP contribution in [0.5, 0.6) is 0 Å². The third-order valence-corrected chi connectivity index (χ3v) is 5.14. The first-order valence-corrected chi connectivity index (χ1v) is 8.52. The number of rotatable bonds is 2. The van der Waals surface area contributed by atoms with Gasteiger partial charge in [0, 0.05) is 30.2 Å². The van der Waals surface area contributed by atoms with Crippen molar-refractivity contribution in [2.45, 2.75) is 26.3 Å². The molecule has 0 unspecified atom stereocenters. The van der Waals surface area contributed by atoms with Crippen molar-refractivity contribution in [2.24, 2.45) is 7.05 Å². The van der Waals surface area contributed by atoms with Gasteiger partial charge in [0.05, 0.1) is 13.0 Å². The highest BCUT2D eigenvalue weighted by atomic mass is 16.2. The number of carbonyl (C=O) groups excluding carboxylic acids is 1. The van der Waals surface area contributed by atoms with E-state index < -0.39 is 0 Å². The fraction of sp³-hybridized carbons (Fsp3) is 0.286. The number of fused-ring (bicyclic) bond motifs is 3. The van der Waals surface area contributed by atoms with Crippen molar-refractivity contribution in [3.05, 3.63) is 70.9 Å². The average molecular weight is 318 g/mol. The lowest BCUT2D eigenvalue weighted by Gasteiger charge is -2.28. The van der Waals surface area contributed by atoms with Crippen LogP contribution in [0.3, 0.4) is 0 Å². The SMILES string of the molecule is Cc1ccc(CC(=O)N2CCc3c(n(C)c4ccccc34)C2)cc1. The van der Waals surface area contributed by atoms with E-state index in [2.05, 4.69) is 67.1 Å². The summed E-state index contributed by atoms with van der Waals surface area (Å²) in [6.45, 7) is 3.59. The Balaban J connectivity index is 1.57. The molecular weight excluding hydrogens is 296 g/mol. The summed E-state index contributed by atoms with van der Waals surface area (Å²) in [7, 11) is 2.11. The zero-order valence-corrected chi connectivity index (χ0v) is 14.2. The van der Waals surface area contributed by atoms with Crippen molar-refractivity contribution >= 4 is 16.8 Å².